The van der Waals surface area contributed by atoms with Gasteiger partial charge in [-0.25, -0.2) is 13.4 Å². The molecule has 34 heavy (non-hydrogen) atoms. The summed E-state index contributed by atoms with van der Waals surface area (Å²) in [7, 11) is -3.86. The highest BCUT2D eigenvalue weighted by atomic mass is 32.2. The summed E-state index contributed by atoms with van der Waals surface area (Å²) in [6.07, 6.45) is 0. The number of thioether (sulfide) groups is 1. The number of sulfone groups is 1. The molecule has 2 N–H and O–H groups in total. The van der Waals surface area contributed by atoms with Gasteiger partial charge in [0.2, 0.25) is 15.7 Å². The lowest BCUT2D eigenvalue weighted by molar-refractivity contribution is -0.113. The Morgan fingerprint density at radius 1 is 0.941 bits per heavy atom. The molecule has 1 amide bonds. The number of H-pyrrole nitrogens is 1. The molecular weight excluding hydrogens is 466 g/mol. The van der Waals surface area contributed by atoms with Crippen molar-refractivity contribution in [2.24, 2.45) is 0 Å². The van der Waals surface area contributed by atoms with E-state index in [1.807, 2.05) is 69.3 Å². The van der Waals surface area contributed by atoms with E-state index in [4.69, 9.17) is 0 Å². The predicted molar refractivity (Wildman–Crippen MR) is 136 cm³/mol. The number of nitrogens with zero attached hydrogens (tertiary/aromatic N) is 1. The van der Waals surface area contributed by atoms with Gasteiger partial charge in [0.25, 0.3) is 0 Å². The first-order valence-corrected chi connectivity index (χ1v) is 13.2. The maximum atomic E-state index is 13.4. The van der Waals surface area contributed by atoms with Crippen LogP contribution in [0.3, 0.4) is 0 Å². The second-order valence-corrected chi connectivity index (χ2v) is 10.9. The summed E-state index contributed by atoms with van der Waals surface area (Å²) in [5.41, 5.74) is 4.53. The molecule has 6 nitrogen and oxygen atoms in total. The fourth-order valence-electron chi connectivity index (χ4n) is 3.46. The number of aromatic nitrogens is 2. The van der Waals surface area contributed by atoms with E-state index in [1.54, 1.807) is 24.3 Å². The molecule has 4 aromatic rings. The van der Waals surface area contributed by atoms with Gasteiger partial charge in [-0.05, 0) is 44.5 Å². The number of hydrogen-bond acceptors (Lipinski definition) is 5. The number of anilines is 1. The highest BCUT2D eigenvalue weighted by Crippen LogP contribution is 2.32. The second kappa shape index (κ2) is 9.87. The zero-order valence-corrected chi connectivity index (χ0v) is 20.8. The van der Waals surface area contributed by atoms with Gasteiger partial charge < -0.3 is 10.3 Å². The van der Waals surface area contributed by atoms with E-state index in [0.717, 1.165) is 39.7 Å². The Hall–Kier alpha value is -3.36. The van der Waals surface area contributed by atoms with Gasteiger partial charge in [-0.2, -0.15) is 0 Å². The standard InChI is InChI=1S/C26H25N3O3S2/c1-17-9-12-21(13-10-17)34(31,32)26-25(28-24(29-26)20-7-5-4-6-8-20)33-16-23(30)27-22-14-11-18(2)15-19(22)3/h4-15H,16H2,1-3H3,(H,27,30)(H,28,29). The van der Waals surface area contributed by atoms with Crippen molar-refractivity contribution in [3.8, 4) is 11.4 Å². The quantitative estimate of drug-likeness (QED) is 0.330. The molecule has 0 aliphatic rings. The van der Waals surface area contributed by atoms with Gasteiger partial charge in [0.1, 0.15) is 10.9 Å². The average molecular weight is 492 g/mol. The van der Waals surface area contributed by atoms with Crippen molar-refractivity contribution in [2.45, 2.75) is 35.7 Å². The molecule has 3 aromatic carbocycles. The number of imidazole rings is 1. The molecule has 174 valence electrons. The van der Waals surface area contributed by atoms with Gasteiger partial charge in [-0.15, -0.1) is 0 Å². The van der Waals surface area contributed by atoms with Crippen LogP contribution in [0.25, 0.3) is 11.4 Å². The van der Waals surface area contributed by atoms with Gasteiger partial charge in [-0.3, -0.25) is 4.79 Å². The van der Waals surface area contributed by atoms with Crippen LogP contribution in [-0.2, 0) is 14.6 Å². The Labute approximate surface area is 203 Å². The van der Waals surface area contributed by atoms with Crippen molar-refractivity contribution < 1.29 is 13.2 Å². The maximum absolute atomic E-state index is 13.4. The summed E-state index contributed by atoms with van der Waals surface area (Å²) >= 11 is 1.09. The molecule has 1 heterocycles. The molecule has 4 rings (SSSR count). The summed E-state index contributed by atoms with van der Waals surface area (Å²) in [6.45, 7) is 5.82. The molecule has 0 fully saturated rings. The Kier molecular flexibility index (Phi) is 6.90. The fraction of sp³-hybridized carbons (Fsp3) is 0.154. The van der Waals surface area contributed by atoms with E-state index in [9.17, 15) is 13.2 Å². The van der Waals surface area contributed by atoms with Crippen LogP contribution in [0.1, 0.15) is 16.7 Å². The third kappa shape index (κ3) is 5.24. The third-order valence-corrected chi connectivity index (χ3v) is 8.11. The lowest BCUT2D eigenvalue weighted by Crippen LogP contribution is -2.15. The van der Waals surface area contributed by atoms with Crippen LogP contribution < -0.4 is 5.32 Å². The number of carbonyl (C=O) groups excluding carboxylic acids is 1. The number of aryl methyl sites for hydroxylation is 3. The number of benzene rings is 3. The summed E-state index contributed by atoms with van der Waals surface area (Å²) in [5.74, 6) is 0.214. The van der Waals surface area contributed by atoms with Crippen LogP contribution >= 0.6 is 11.8 Å². The summed E-state index contributed by atoms with van der Waals surface area (Å²) in [5, 5.41) is 3.14. The van der Waals surface area contributed by atoms with Crippen LogP contribution in [0.5, 0.6) is 0 Å². The molecule has 0 spiro atoms. The first-order valence-electron chi connectivity index (χ1n) is 10.7. The molecular formula is C26H25N3O3S2. The lowest BCUT2D eigenvalue weighted by Gasteiger charge is -2.09. The maximum Gasteiger partial charge on any atom is 0.234 e. The minimum atomic E-state index is -3.86. The van der Waals surface area contributed by atoms with E-state index in [-0.39, 0.29) is 26.6 Å². The first kappa shape index (κ1) is 23.8. The van der Waals surface area contributed by atoms with Crippen molar-refractivity contribution in [3.63, 3.8) is 0 Å². The van der Waals surface area contributed by atoms with Crippen molar-refractivity contribution in [1.29, 1.82) is 0 Å². The molecule has 0 bridgehead atoms. The van der Waals surface area contributed by atoms with Crippen molar-refractivity contribution in [1.82, 2.24) is 9.97 Å². The largest absolute Gasteiger partial charge is 0.328 e. The highest BCUT2D eigenvalue weighted by molar-refractivity contribution is 8.00. The molecule has 0 saturated heterocycles. The number of carbonyl (C=O) groups is 1. The van der Waals surface area contributed by atoms with Crippen LogP contribution in [0, 0.1) is 20.8 Å². The minimum Gasteiger partial charge on any atom is -0.328 e. The highest BCUT2D eigenvalue weighted by Gasteiger charge is 2.27. The lowest BCUT2D eigenvalue weighted by atomic mass is 10.1. The van der Waals surface area contributed by atoms with Gasteiger partial charge in [0.15, 0.2) is 5.03 Å². The molecule has 0 saturated carbocycles. The van der Waals surface area contributed by atoms with Crippen LogP contribution in [0.4, 0.5) is 5.69 Å². The smallest absolute Gasteiger partial charge is 0.234 e. The Morgan fingerprint density at radius 2 is 1.62 bits per heavy atom. The van der Waals surface area contributed by atoms with E-state index in [1.165, 1.54) is 0 Å². The molecule has 0 aliphatic carbocycles. The van der Waals surface area contributed by atoms with E-state index in [2.05, 4.69) is 15.3 Å². The molecule has 0 radical (unpaired) electrons. The number of rotatable bonds is 7. The molecule has 1 aromatic heterocycles. The van der Waals surface area contributed by atoms with Gasteiger partial charge in [0, 0.05) is 11.3 Å². The predicted octanol–water partition coefficient (Wildman–Crippen LogP) is 5.57. The molecule has 0 unspecified atom stereocenters. The monoisotopic (exact) mass is 491 g/mol. The zero-order valence-electron chi connectivity index (χ0n) is 19.1. The molecule has 0 aliphatic heterocycles. The minimum absolute atomic E-state index is 0.0143. The Bertz CT molecular complexity index is 1430. The normalized spacial score (nSPS) is 11.4. The SMILES string of the molecule is Cc1ccc(S(=O)(=O)c2[nH]c(-c3ccccc3)nc2SCC(=O)Nc2ccc(C)cc2C)cc1. The van der Waals surface area contributed by atoms with E-state index in [0.29, 0.717) is 5.82 Å². The van der Waals surface area contributed by atoms with E-state index < -0.39 is 9.84 Å². The molecule has 8 heteroatoms. The number of amides is 1. The van der Waals surface area contributed by atoms with Crippen LogP contribution in [-0.4, -0.2) is 30.0 Å². The first-order chi connectivity index (χ1) is 16.2. The molecule has 0 atom stereocenters. The summed E-state index contributed by atoms with van der Waals surface area (Å²) in [4.78, 5) is 20.4. The topological polar surface area (TPSA) is 91.9 Å². The van der Waals surface area contributed by atoms with Crippen molar-refractivity contribution >= 4 is 33.2 Å². The average Bonchev–Trinajstić information content (AvgIpc) is 3.26. The van der Waals surface area contributed by atoms with Crippen LogP contribution in [0.2, 0.25) is 0 Å². The van der Waals surface area contributed by atoms with Crippen LogP contribution in [0.15, 0.2) is 87.7 Å². The Balaban J connectivity index is 1.63. The van der Waals surface area contributed by atoms with Crippen molar-refractivity contribution in [3.05, 3.63) is 89.5 Å². The zero-order chi connectivity index (χ0) is 24.3. The number of nitrogens with one attached hydrogen (secondary N) is 2. The Morgan fingerprint density at radius 3 is 2.29 bits per heavy atom. The third-order valence-electron chi connectivity index (χ3n) is 5.28. The van der Waals surface area contributed by atoms with Gasteiger partial charge in [0.05, 0.1) is 10.6 Å². The van der Waals surface area contributed by atoms with Gasteiger partial charge in [-0.1, -0.05) is 77.5 Å². The summed E-state index contributed by atoms with van der Waals surface area (Å²) < 4.78 is 26.9. The van der Waals surface area contributed by atoms with E-state index >= 15 is 0 Å². The number of aromatic amines is 1. The van der Waals surface area contributed by atoms with Crippen molar-refractivity contribution in [2.75, 3.05) is 11.1 Å². The van der Waals surface area contributed by atoms with Gasteiger partial charge >= 0.3 is 0 Å². The number of hydrogen-bond donors (Lipinski definition) is 2. The fourth-order valence-corrected chi connectivity index (χ4v) is 5.88. The second-order valence-electron chi connectivity index (χ2n) is 8.06. The summed E-state index contributed by atoms with van der Waals surface area (Å²) in [6, 6.07) is 21.8.